The van der Waals surface area contributed by atoms with Gasteiger partial charge in [0.2, 0.25) is 0 Å². The van der Waals surface area contributed by atoms with Crippen LogP contribution in [-0.4, -0.2) is 42.1 Å². The third-order valence-electron chi connectivity index (χ3n) is 4.89. The van der Waals surface area contributed by atoms with E-state index in [1.54, 1.807) is 0 Å². The summed E-state index contributed by atoms with van der Waals surface area (Å²) in [5, 5.41) is 2.48. The number of nitrogens with zero attached hydrogens (tertiary/aromatic N) is 3. The van der Waals surface area contributed by atoms with Crippen LogP contribution in [0.2, 0.25) is 0 Å². The quantitative estimate of drug-likeness (QED) is 0.794. The Balaban J connectivity index is 1.73. The van der Waals surface area contributed by atoms with Gasteiger partial charge < -0.3 is 4.90 Å². The third-order valence-corrected chi connectivity index (χ3v) is 5.18. The van der Waals surface area contributed by atoms with Gasteiger partial charge in [-0.15, -0.1) is 11.6 Å². The zero-order valence-electron chi connectivity index (χ0n) is 12.1. The first-order chi connectivity index (χ1) is 10.4. The van der Waals surface area contributed by atoms with Crippen LogP contribution < -0.4 is 4.90 Å². The molecule has 0 spiro atoms. The van der Waals surface area contributed by atoms with Crippen LogP contribution in [0.25, 0.3) is 10.8 Å². The van der Waals surface area contributed by atoms with Crippen molar-refractivity contribution in [2.75, 3.05) is 31.1 Å². The number of fused-ring (bicyclic) bond motifs is 2. The molecule has 1 atom stereocenters. The van der Waals surface area contributed by atoms with Crippen LogP contribution in [0.5, 0.6) is 0 Å². The molecule has 2 aromatic rings. The molecule has 0 bridgehead atoms. The number of rotatable bonds is 2. The van der Waals surface area contributed by atoms with Crippen molar-refractivity contribution < 1.29 is 0 Å². The number of hydrogen-bond acceptors (Lipinski definition) is 3. The number of benzene rings is 1. The Morgan fingerprint density at radius 3 is 2.86 bits per heavy atom. The van der Waals surface area contributed by atoms with Crippen molar-refractivity contribution in [1.29, 1.82) is 0 Å². The van der Waals surface area contributed by atoms with Crippen LogP contribution in [0.1, 0.15) is 18.4 Å². The van der Waals surface area contributed by atoms with Crippen LogP contribution >= 0.6 is 11.6 Å². The van der Waals surface area contributed by atoms with Gasteiger partial charge in [0, 0.05) is 43.1 Å². The molecule has 1 unspecified atom stereocenters. The van der Waals surface area contributed by atoms with Crippen LogP contribution in [0.4, 0.5) is 5.82 Å². The van der Waals surface area contributed by atoms with Crippen LogP contribution in [-0.2, 0) is 5.88 Å². The normalized spacial score (nSPS) is 22.7. The average molecular weight is 302 g/mol. The minimum Gasteiger partial charge on any atom is -0.353 e. The topological polar surface area (TPSA) is 19.4 Å². The molecule has 1 aromatic heterocycles. The van der Waals surface area contributed by atoms with E-state index < -0.39 is 0 Å². The van der Waals surface area contributed by atoms with E-state index >= 15 is 0 Å². The minimum atomic E-state index is 0.518. The SMILES string of the molecule is ClCc1cnc(N2CCN3CCCC3C2)c2ccccc12. The lowest BCUT2D eigenvalue weighted by Gasteiger charge is -2.38. The number of halogens is 1. The number of hydrogen-bond donors (Lipinski definition) is 0. The summed E-state index contributed by atoms with van der Waals surface area (Å²) in [4.78, 5) is 9.83. The lowest BCUT2D eigenvalue weighted by atomic mass is 10.1. The number of anilines is 1. The molecule has 21 heavy (non-hydrogen) atoms. The fraction of sp³-hybridized carbons (Fsp3) is 0.471. The molecule has 0 N–H and O–H groups in total. The van der Waals surface area contributed by atoms with E-state index in [9.17, 15) is 0 Å². The maximum absolute atomic E-state index is 6.06. The molecule has 4 heteroatoms. The van der Waals surface area contributed by atoms with Gasteiger partial charge in [0.05, 0.1) is 0 Å². The van der Waals surface area contributed by atoms with Crippen molar-refractivity contribution in [3.05, 3.63) is 36.0 Å². The molecular formula is C17H20ClN3. The fourth-order valence-electron chi connectivity index (χ4n) is 3.78. The zero-order valence-corrected chi connectivity index (χ0v) is 12.9. The third kappa shape index (κ3) is 2.29. The molecule has 110 valence electrons. The molecule has 2 fully saturated rings. The van der Waals surface area contributed by atoms with Gasteiger partial charge in [-0.25, -0.2) is 4.98 Å². The number of pyridine rings is 1. The van der Waals surface area contributed by atoms with Crippen LogP contribution in [0.3, 0.4) is 0 Å². The smallest absolute Gasteiger partial charge is 0.136 e. The first-order valence-corrected chi connectivity index (χ1v) is 8.32. The van der Waals surface area contributed by atoms with Crippen molar-refractivity contribution in [2.24, 2.45) is 0 Å². The standard InChI is InChI=1S/C17H20ClN3/c18-10-13-11-19-17(16-6-2-1-5-15(13)16)21-9-8-20-7-3-4-14(20)12-21/h1-2,5-6,11,14H,3-4,7-10,12H2. The summed E-state index contributed by atoms with van der Waals surface area (Å²) in [6.07, 6.45) is 4.62. The summed E-state index contributed by atoms with van der Waals surface area (Å²) in [6, 6.07) is 9.22. The molecular weight excluding hydrogens is 282 g/mol. The highest BCUT2D eigenvalue weighted by Gasteiger charge is 2.31. The van der Waals surface area contributed by atoms with E-state index in [1.807, 2.05) is 6.20 Å². The molecule has 0 saturated carbocycles. The van der Waals surface area contributed by atoms with Crippen molar-refractivity contribution in [2.45, 2.75) is 24.8 Å². The molecule has 0 amide bonds. The molecule has 2 saturated heterocycles. The van der Waals surface area contributed by atoms with Gasteiger partial charge in [0.15, 0.2) is 0 Å². The summed E-state index contributed by atoms with van der Waals surface area (Å²) >= 11 is 6.06. The van der Waals surface area contributed by atoms with Crippen molar-refractivity contribution in [1.82, 2.24) is 9.88 Å². The van der Waals surface area contributed by atoms with Crippen molar-refractivity contribution >= 4 is 28.2 Å². The van der Waals surface area contributed by atoms with E-state index in [0.717, 1.165) is 31.0 Å². The van der Waals surface area contributed by atoms with Crippen molar-refractivity contribution in [3.8, 4) is 0 Å². The molecule has 0 aliphatic carbocycles. The second-order valence-corrected chi connectivity index (χ2v) is 6.33. The first kappa shape index (κ1) is 13.4. The fourth-order valence-corrected chi connectivity index (χ4v) is 3.99. The van der Waals surface area contributed by atoms with Gasteiger partial charge in [-0.2, -0.15) is 0 Å². The average Bonchev–Trinajstić information content (AvgIpc) is 3.01. The summed E-state index contributed by atoms with van der Waals surface area (Å²) in [5.74, 6) is 1.65. The Morgan fingerprint density at radius 2 is 2.00 bits per heavy atom. The maximum atomic E-state index is 6.06. The van der Waals surface area contributed by atoms with Gasteiger partial charge in [-0.05, 0) is 30.3 Å². The Bertz CT molecular complexity index is 658. The molecule has 3 nitrogen and oxygen atoms in total. The predicted octanol–water partition coefficient (Wildman–Crippen LogP) is 3.26. The Kier molecular flexibility index (Phi) is 3.48. The summed E-state index contributed by atoms with van der Waals surface area (Å²) in [5.41, 5.74) is 1.12. The van der Waals surface area contributed by atoms with E-state index in [0.29, 0.717) is 11.9 Å². The van der Waals surface area contributed by atoms with Gasteiger partial charge >= 0.3 is 0 Å². The van der Waals surface area contributed by atoms with Crippen LogP contribution in [0, 0.1) is 0 Å². The highest BCUT2D eigenvalue weighted by molar-refractivity contribution is 6.18. The molecule has 0 radical (unpaired) electrons. The van der Waals surface area contributed by atoms with Crippen molar-refractivity contribution in [3.63, 3.8) is 0 Å². The van der Waals surface area contributed by atoms with E-state index in [4.69, 9.17) is 16.6 Å². The highest BCUT2D eigenvalue weighted by atomic mass is 35.5. The number of alkyl halides is 1. The first-order valence-electron chi connectivity index (χ1n) is 7.78. The van der Waals surface area contributed by atoms with Gasteiger partial charge in [0.25, 0.3) is 0 Å². The largest absolute Gasteiger partial charge is 0.353 e. The minimum absolute atomic E-state index is 0.518. The van der Waals surface area contributed by atoms with Gasteiger partial charge in [-0.3, -0.25) is 4.90 Å². The predicted molar refractivity (Wildman–Crippen MR) is 88.1 cm³/mol. The Hall–Kier alpha value is -1.32. The van der Waals surface area contributed by atoms with Gasteiger partial charge in [0.1, 0.15) is 5.82 Å². The zero-order chi connectivity index (χ0) is 14.2. The molecule has 3 heterocycles. The molecule has 2 aliphatic heterocycles. The summed E-state index contributed by atoms with van der Waals surface area (Å²) in [6.45, 7) is 4.63. The Morgan fingerprint density at radius 1 is 1.14 bits per heavy atom. The maximum Gasteiger partial charge on any atom is 0.136 e. The van der Waals surface area contributed by atoms with Gasteiger partial charge in [-0.1, -0.05) is 24.3 Å². The molecule has 4 rings (SSSR count). The summed E-state index contributed by atoms with van der Waals surface area (Å²) < 4.78 is 0. The number of aromatic nitrogens is 1. The monoisotopic (exact) mass is 301 g/mol. The number of piperazine rings is 1. The lowest BCUT2D eigenvalue weighted by molar-refractivity contribution is 0.230. The summed E-state index contributed by atoms with van der Waals surface area (Å²) in [7, 11) is 0. The van der Waals surface area contributed by atoms with Crippen LogP contribution in [0.15, 0.2) is 30.5 Å². The second kappa shape index (κ2) is 5.47. The Labute approximate surface area is 130 Å². The van der Waals surface area contributed by atoms with E-state index in [1.165, 1.54) is 30.2 Å². The van der Waals surface area contributed by atoms with E-state index in [-0.39, 0.29) is 0 Å². The van der Waals surface area contributed by atoms with E-state index in [2.05, 4.69) is 34.1 Å². The molecule has 1 aromatic carbocycles. The second-order valence-electron chi connectivity index (χ2n) is 6.06. The highest BCUT2D eigenvalue weighted by Crippen LogP contribution is 2.31. The molecule has 2 aliphatic rings. The lowest BCUT2D eigenvalue weighted by Crippen LogP contribution is -2.50.